The van der Waals surface area contributed by atoms with Crippen LogP contribution >= 0.6 is 0 Å². The van der Waals surface area contributed by atoms with Crippen LogP contribution in [-0.2, 0) is 0 Å². The van der Waals surface area contributed by atoms with Crippen LogP contribution in [0.25, 0.3) is 5.65 Å². The number of nitrogens with one attached hydrogen (secondary N) is 1. The van der Waals surface area contributed by atoms with Gasteiger partial charge in [-0.05, 0) is 39.2 Å². The molecule has 19 heavy (non-hydrogen) atoms. The third kappa shape index (κ3) is 3.51. The number of imidazole rings is 1. The molecule has 1 N–H and O–H groups in total. The van der Waals surface area contributed by atoms with Gasteiger partial charge in [0.2, 0.25) is 0 Å². The van der Waals surface area contributed by atoms with Gasteiger partial charge in [-0.2, -0.15) is 0 Å². The highest BCUT2D eigenvalue weighted by Gasteiger charge is 2.10. The first-order valence-electron chi connectivity index (χ1n) is 6.13. The van der Waals surface area contributed by atoms with Crippen molar-refractivity contribution < 1.29 is 9.18 Å². The molecular formula is C13H17FN4O. The lowest BCUT2D eigenvalue weighted by atomic mass is 10.3. The fourth-order valence-electron chi connectivity index (χ4n) is 1.76. The average molecular weight is 264 g/mol. The molecule has 0 unspecified atom stereocenters. The van der Waals surface area contributed by atoms with Crippen LogP contribution in [0.5, 0.6) is 0 Å². The third-order valence-electron chi connectivity index (χ3n) is 2.72. The number of carbonyl (C=O) groups excluding carboxylic acids is 1. The van der Waals surface area contributed by atoms with E-state index in [4.69, 9.17) is 0 Å². The van der Waals surface area contributed by atoms with E-state index >= 15 is 0 Å². The van der Waals surface area contributed by atoms with Gasteiger partial charge in [0.15, 0.2) is 0 Å². The lowest BCUT2D eigenvalue weighted by Crippen LogP contribution is -2.27. The van der Waals surface area contributed by atoms with Crippen LogP contribution in [0.2, 0.25) is 0 Å². The van der Waals surface area contributed by atoms with Crippen molar-refractivity contribution in [3.8, 4) is 0 Å². The van der Waals surface area contributed by atoms with E-state index in [-0.39, 0.29) is 11.7 Å². The lowest BCUT2D eigenvalue weighted by molar-refractivity contribution is 0.0948. The van der Waals surface area contributed by atoms with Gasteiger partial charge in [-0.3, -0.25) is 4.79 Å². The van der Waals surface area contributed by atoms with Gasteiger partial charge in [-0.1, -0.05) is 0 Å². The first-order chi connectivity index (χ1) is 9.06. The van der Waals surface area contributed by atoms with Crippen molar-refractivity contribution in [2.45, 2.75) is 6.42 Å². The molecule has 2 aromatic rings. The van der Waals surface area contributed by atoms with Crippen LogP contribution in [0.1, 0.15) is 16.9 Å². The quantitative estimate of drug-likeness (QED) is 0.824. The molecule has 102 valence electrons. The summed E-state index contributed by atoms with van der Waals surface area (Å²) in [7, 11) is 3.97. The SMILES string of the molecule is CN(C)CCCNC(=O)c1cn2cc(F)ccc2n1. The van der Waals surface area contributed by atoms with E-state index in [1.807, 2.05) is 14.1 Å². The number of carbonyl (C=O) groups is 1. The number of hydrogen-bond acceptors (Lipinski definition) is 3. The van der Waals surface area contributed by atoms with E-state index in [1.54, 1.807) is 0 Å². The Balaban J connectivity index is 1.97. The highest BCUT2D eigenvalue weighted by Crippen LogP contribution is 2.06. The summed E-state index contributed by atoms with van der Waals surface area (Å²) in [5.74, 6) is -0.592. The van der Waals surface area contributed by atoms with E-state index in [9.17, 15) is 9.18 Å². The van der Waals surface area contributed by atoms with E-state index in [0.717, 1.165) is 13.0 Å². The van der Waals surface area contributed by atoms with Crippen molar-refractivity contribution in [1.82, 2.24) is 19.6 Å². The fraction of sp³-hybridized carbons (Fsp3) is 0.385. The minimum absolute atomic E-state index is 0.233. The molecule has 0 aliphatic carbocycles. The van der Waals surface area contributed by atoms with Crippen LogP contribution in [-0.4, -0.2) is 47.4 Å². The topological polar surface area (TPSA) is 49.6 Å². The summed E-state index contributed by atoms with van der Waals surface area (Å²) in [5, 5.41) is 2.79. The second kappa shape index (κ2) is 5.79. The monoisotopic (exact) mass is 264 g/mol. The Morgan fingerprint density at radius 2 is 2.21 bits per heavy atom. The van der Waals surface area contributed by atoms with Crippen molar-refractivity contribution in [1.29, 1.82) is 0 Å². The van der Waals surface area contributed by atoms with Gasteiger partial charge in [0.1, 0.15) is 17.2 Å². The number of hydrogen-bond donors (Lipinski definition) is 1. The lowest BCUT2D eigenvalue weighted by Gasteiger charge is -2.08. The Morgan fingerprint density at radius 3 is 2.95 bits per heavy atom. The highest BCUT2D eigenvalue weighted by atomic mass is 19.1. The van der Waals surface area contributed by atoms with Crippen molar-refractivity contribution in [2.24, 2.45) is 0 Å². The van der Waals surface area contributed by atoms with Crippen LogP contribution in [0, 0.1) is 5.82 Å². The minimum Gasteiger partial charge on any atom is -0.351 e. The summed E-state index contributed by atoms with van der Waals surface area (Å²) in [6.45, 7) is 1.51. The van der Waals surface area contributed by atoms with Gasteiger partial charge in [0.05, 0.1) is 0 Å². The maximum absolute atomic E-state index is 13.0. The van der Waals surface area contributed by atoms with Crippen molar-refractivity contribution in [2.75, 3.05) is 27.2 Å². The number of halogens is 1. The molecule has 0 bridgehead atoms. The molecule has 0 aliphatic heterocycles. The molecule has 0 saturated heterocycles. The Morgan fingerprint density at radius 1 is 1.42 bits per heavy atom. The summed E-state index contributed by atoms with van der Waals surface area (Å²) in [5.41, 5.74) is 0.857. The zero-order chi connectivity index (χ0) is 13.8. The Kier molecular flexibility index (Phi) is 4.11. The summed E-state index contributed by atoms with van der Waals surface area (Å²) in [6, 6.07) is 2.86. The van der Waals surface area contributed by atoms with Gasteiger partial charge < -0.3 is 14.6 Å². The van der Waals surface area contributed by atoms with Crippen molar-refractivity contribution in [3.63, 3.8) is 0 Å². The minimum atomic E-state index is -0.358. The molecule has 0 atom stereocenters. The van der Waals surface area contributed by atoms with E-state index in [1.165, 1.54) is 28.9 Å². The van der Waals surface area contributed by atoms with Crippen molar-refractivity contribution >= 4 is 11.6 Å². The van der Waals surface area contributed by atoms with Crippen LogP contribution < -0.4 is 5.32 Å². The summed E-state index contributed by atoms with van der Waals surface area (Å²) >= 11 is 0. The standard InChI is InChI=1S/C13H17FN4O/c1-17(2)7-3-6-15-13(19)11-9-18-8-10(14)4-5-12(18)16-11/h4-5,8-9H,3,6-7H2,1-2H3,(H,15,19). The molecule has 0 aromatic carbocycles. The van der Waals surface area contributed by atoms with Crippen LogP contribution in [0.4, 0.5) is 4.39 Å². The predicted molar refractivity (Wildman–Crippen MR) is 70.7 cm³/mol. The average Bonchev–Trinajstić information content (AvgIpc) is 2.77. The summed E-state index contributed by atoms with van der Waals surface area (Å²) in [4.78, 5) is 18.0. The Hall–Kier alpha value is -1.95. The second-order valence-corrected chi connectivity index (χ2v) is 4.65. The zero-order valence-electron chi connectivity index (χ0n) is 11.1. The van der Waals surface area contributed by atoms with Crippen LogP contribution in [0.15, 0.2) is 24.5 Å². The predicted octanol–water partition coefficient (Wildman–Crippen LogP) is 1.15. The van der Waals surface area contributed by atoms with E-state index in [0.29, 0.717) is 17.9 Å². The third-order valence-corrected chi connectivity index (χ3v) is 2.72. The molecule has 0 fully saturated rings. The molecule has 2 aromatic heterocycles. The van der Waals surface area contributed by atoms with Crippen molar-refractivity contribution in [3.05, 3.63) is 36.0 Å². The second-order valence-electron chi connectivity index (χ2n) is 4.65. The largest absolute Gasteiger partial charge is 0.351 e. The maximum atomic E-state index is 13.0. The summed E-state index contributed by atoms with van der Waals surface area (Å²) in [6.07, 6.45) is 3.70. The smallest absolute Gasteiger partial charge is 0.271 e. The number of pyridine rings is 1. The molecular weight excluding hydrogens is 247 g/mol. The highest BCUT2D eigenvalue weighted by molar-refractivity contribution is 5.92. The van der Waals surface area contributed by atoms with Gasteiger partial charge >= 0.3 is 0 Å². The maximum Gasteiger partial charge on any atom is 0.271 e. The van der Waals surface area contributed by atoms with Gasteiger partial charge in [-0.25, -0.2) is 9.37 Å². The Labute approximate surface area is 111 Å². The first-order valence-corrected chi connectivity index (χ1v) is 6.13. The molecule has 6 heteroatoms. The number of nitrogens with zero attached hydrogens (tertiary/aromatic N) is 3. The zero-order valence-corrected chi connectivity index (χ0v) is 11.1. The molecule has 2 rings (SSSR count). The van der Waals surface area contributed by atoms with E-state index < -0.39 is 0 Å². The van der Waals surface area contributed by atoms with Crippen LogP contribution in [0.3, 0.4) is 0 Å². The first kappa shape index (κ1) is 13.5. The number of rotatable bonds is 5. The molecule has 0 saturated carbocycles. The molecule has 2 heterocycles. The Bertz CT molecular complexity index is 579. The van der Waals surface area contributed by atoms with Gasteiger partial charge in [-0.15, -0.1) is 0 Å². The summed E-state index contributed by atoms with van der Waals surface area (Å²) < 4.78 is 14.5. The fourth-order valence-corrected chi connectivity index (χ4v) is 1.76. The van der Waals surface area contributed by atoms with E-state index in [2.05, 4.69) is 15.2 Å². The number of fused-ring (bicyclic) bond motifs is 1. The number of amides is 1. The molecule has 5 nitrogen and oxygen atoms in total. The molecule has 0 radical (unpaired) electrons. The normalized spacial score (nSPS) is 11.2. The molecule has 0 spiro atoms. The number of aromatic nitrogens is 2. The molecule has 0 aliphatic rings. The van der Waals surface area contributed by atoms with Gasteiger partial charge in [0.25, 0.3) is 5.91 Å². The van der Waals surface area contributed by atoms with Gasteiger partial charge in [0, 0.05) is 18.9 Å². The molecule has 1 amide bonds.